The minimum Gasteiger partial charge on any atom is -0.480 e. The summed E-state index contributed by atoms with van der Waals surface area (Å²) in [4.78, 5) is 13.3. The highest BCUT2D eigenvalue weighted by Crippen LogP contribution is 2.39. The number of H-pyrrole nitrogens is 1. The molecule has 0 amide bonds. The van der Waals surface area contributed by atoms with Crippen molar-refractivity contribution in [2.45, 2.75) is 6.10 Å². The summed E-state index contributed by atoms with van der Waals surface area (Å²) < 4.78 is 6.23. The van der Waals surface area contributed by atoms with Gasteiger partial charge in [-0.25, -0.2) is 0 Å². The summed E-state index contributed by atoms with van der Waals surface area (Å²) >= 11 is 0. The maximum Gasteiger partial charge on any atom is 0.204 e. The van der Waals surface area contributed by atoms with Crippen LogP contribution in [0, 0.1) is 0 Å². The Morgan fingerprint density at radius 1 is 0.897 bits per heavy atom. The zero-order valence-electron chi connectivity index (χ0n) is 15.3. The van der Waals surface area contributed by atoms with E-state index in [2.05, 4.69) is 20.6 Å². The average molecular weight is 380 g/mol. The summed E-state index contributed by atoms with van der Waals surface area (Å²) in [6, 6.07) is 24.8. The van der Waals surface area contributed by atoms with E-state index in [9.17, 15) is 4.79 Å². The third kappa shape index (κ3) is 3.21. The predicted molar refractivity (Wildman–Crippen MR) is 108 cm³/mol. The van der Waals surface area contributed by atoms with Gasteiger partial charge in [0.1, 0.15) is 5.75 Å². The number of aromatic nitrogens is 4. The summed E-state index contributed by atoms with van der Waals surface area (Å²) in [7, 11) is 0. The van der Waals surface area contributed by atoms with Crippen LogP contribution in [0.4, 0.5) is 0 Å². The van der Waals surface area contributed by atoms with Gasteiger partial charge in [-0.1, -0.05) is 66.7 Å². The van der Waals surface area contributed by atoms with Crippen molar-refractivity contribution >= 4 is 11.9 Å². The van der Waals surface area contributed by atoms with Gasteiger partial charge in [0.05, 0.1) is 5.56 Å². The highest BCUT2D eigenvalue weighted by molar-refractivity contribution is 6.14. The van der Waals surface area contributed by atoms with Crippen LogP contribution in [0.1, 0.15) is 27.6 Å². The van der Waals surface area contributed by atoms with Crippen LogP contribution in [-0.4, -0.2) is 26.4 Å². The van der Waals surface area contributed by atoms with E-state index in [1.807, 2.05) is 78.9 Å². The third-order valence-corrected chi connectivity index (χ3v) is 4.86. The first kappa shape index (κ1) is 17.1. The highest BCUT2D eigenvalue weighted by atomic mass is 16.5. The van der Waals surface area contributed by atoms with E-state index in [1.165, 1.54) is 0 Å². The molecule has 0 unspecified atom stereocenters. The second kappa shape index (κ2) is 7.16. The number of para-hydroxylation sites is 1. The van der Waals surface area contributed by atoms with E-state index in [4.69, 9.17) is 4.74 Å². The van der Waals surface area contributed by atoms with Crippen molar-refractivity contribution in [3.63, 3.8) is 0 Å². The van der Waals surface area contributed by atoms with E-state index >= 15 is 0 Å². The Labute approximate surface area is 166 Å². The lowest BCUT2D eigenvalue weighted by molar-refractivity contribution is 0.0963. The van der Waals surface area contributed by atoms with Gasteiger partial charge in [0.15, 0.2) is 11.9 Å². The molecule has 1 aliphatic rings. The van der Waals surface area contributed by atoms with E-state index < -0.39 is 6.10 Å². The van der Waals surface area contributed by atoms with Gasteiger partial charge in [0, 0.05) is 11.1 Å². The van der Waals surface area contributed by atoms with Crippen molar-refractivity contribution in [3.05, 3.63) is 101 Å². The molecule has 29 heavy (non-hydrogen) atoms. The number of carbonyl (C=O) groups excluding carboxylic acids is 1. The van der Waals surface area contributed by atoms with E-state index in [1.54, 1.807) is 6.07 Å². The third-order valence-electron chi connectivity index (χ3n) is 4.86. The van der Waals surface area contributed by atoms with Crippen LogP contribution in [0.15, 0.2) is 84.4 Å². The number of nitrogens with one attached hydrogen (secondary N) is 1. The first-order valence-corrected chi connectivity index (χ1v) is 9.20. The molecule has 5 rings (SSSR count). The fourth-order valence-corrected chi connectivity index (χ4v) is 3.43. The second-order valence-corrected chi connectivity index (χ2v) is 6.69. The SMILES string of the molecule is O=C1/C(=C/c2ccc(-c3nn[nH]n3)cc2)[C@@H](c2ccccc2)Oc2ccccc21. The maximum atomic E-state index is 13.3. The van der Waals surface area contributed by atoms with Gasteiger partial charge < -0.3 is 4.74 Å². The molecular weight excluding hydrogens is 364 g/mol. The number of benzene rings is 3. The highest BCUT2D eigenvalue weighted by Gasteiger charge is 2.32. The molecule has 4 aromatic rings. The van der Waals surface area contributed by atoms with Crippen molar-refractivity contribution < 1.29 is 9.53 Å². The number of aromatic amines is 1. The zero-order chi connectivity index (χ0) is 19.6. The molecule has 0 bridgehead atoms. The average Bonchev–Trinajstić information content (AvgIpc) is 3.32. The summed E-state index contributed by atoms with van der Waals surface area (Å²) in [6.45, 7) is 0. The summed E-state index contributed by atoms with van der Waals surface area (Å²) in [5, 5.41) is 14.0. The lowest BCUT2D eigenvalue weighted by atomic mass is 9.89. The standard InChI is InChI=1S/C23H16N4O2/c28-21-18-8-4-5-9-20(18)29-22(16-6-2-1-3-7-16)19(21)14-15-10-12-17(13-11-15)23-24-26-27-25-23/h1-14,22H,(H,24,25,26,27)/b19-14-/t22-/m1/s1. The van der Waals surface area contributed by atoms with Crippen molar-refractivity contribution in [1.82, 2.24) is 20.6 Å². The maximum absolute atomic E-state index is 13.3. The van der Waals surface area contributed by atoms with Gasteiger partial charge in [-0.05, 0) is 34.5 Å². The molecule has 1 aromatic heterocycles. The number of ketones is 1. The number of ether oxygens (including phenoxy) is 1. The minimum atomic E-state index is -0.463. The molecule has 0 fully saturated rings. The molecule has 0 radical (unpaired) electrons. The Hall–Kier alpha value is -4.06. The Morgan fingerprint density at radius 2 is 1.66 bits per heavy atom. The van der Waals surface area contributed by atoms with Gasteiger partial charge in [0.25, 0.3) is 0 Å². The van der Waals surface area contributed by atoms with Crippen LogP contribution < -0.4 is 4.74 Å². The zero-order valence-corrected chi connectivity index (χ0v) is 15.3. The number of nitrogens with zero attached hydrogens (tertiary/aromatic N) is 3. The lowest BCUT2D eigenvalue weighted by Crippen LogP contribution is -2.23. The van der Waals surface area contributed by atoms with Gasteiger partial charge in [-0.15, -0.1) is 10.2 Å². The molecule has 2 heterocycles. The Bertz CT molecular complexity index is 1180. The van der Waals surface area contributed by atoms with E-state index in [0.717, 1.165) is 16.7 Å². The molecule has 0 saturated heterocycles. The van der Waals surface area contributed by atoms with Crippen molar-refractivity contribution in [2.24, 2.45) is 0 Å². The molecule has 140 valence electrons. The van der Waals surface area contributed by atoms with Crippen LogP contribution >= 0.6 is 0 Å². The number of carbonyl (C=O) groups is 1. The van der Waals surface area contributed by atoms with Gasteiger partial charge in [-0.2, -0.15) is 5.21 Å². The molecule has 1 aliphatic heterocycles. The number of hydrogen-bond acceptors (Lipinski definition) is 5. The molecule has 6 nitrogen and oxygen atoms in total. The normalized spacial score (nSPS) is 17.0. The molecule has 0 spiro atoms. The van der Waals surface area contributed by atoms with Gasteiger partial charge in [0.2, 0.25) is 5.82 Å². The summed E-state index contributed by atoms with van der Waals surface area (Å²) in [5.74, 6) is 1.11. The Morgan fingerprint density at radius 3 is 2.41 bits per heavy atom. The molecular formula is C23H16N4O2. The molecule has 1 N–H and O–H groups in total. The molecule has 0 aliphatic carbocycles. The lowest BCUT2D eigenvalue weighted by Gasteiger charge is -2.28. The largest absolute Gasteiger partial charge is 0.480 e. The first-order valence-electron chi connectivity index (χ1n) is 9.20. The number of rotatable bonds is 3. The first-order chi connectivity index (χ1) is 14.3. The second-order valence-electron chi connectivity index (χ2n) is 6.69. The van der Waals surface area contributed by atoms with Crippen LogP contribution in [0.25, 0.3) is 17.5 Å². The summed E-state index contributed by atoms with van der Waals surface area (Å²) in [5.41, 5.74) is 3.85. The van der Waals surface area contributed by atoms with Crippen molar-refractivity contribution in [2.75, 3.05) is 0 Å². The number of tetrazole rings is 1. The smallest absolute Gasteiger partial charge is 0.204 e. The Kier molecular flexibility index (Phi) is 4.22. The number of fused-ring (bicyclic) bond motifs is 1. The van der Waals surface area contributed by atoms with Crippen LogP contribution in [-0.2, 0) is 0 Å². The Balaban J connectivity index is 1.57. The molecule has 0 saturated carbocycles. The topological polar surface area (TPSA) is 80.8 Å². The fraction of sp³-hybridized carbons (Fsp3) is 0.0435. The van der Waals surface area contributed by atoms with E-state index in [-0.39, 0.29) is 5.78 Å². The minimum absolute atomic E-state index is 0.0250. The number of Topliss-reactive ketones (excluding diaryl/α,β-unsaturated/α-hetero) is 1. The van der Waals surface area contributed by atoms with Crippen molar-refractivity contribution in [3.8, 4) is 17.1 Å². The quantitative estimate of drug-likeness (QED) is 0.537. The number of hydrogen-bond donors (Lipinski definition) is 1. The van der Waals surface area contributed by atoms with Gasteiger partial charge in [-0.3, -0.25) is 4.79 Å². The molecule has 6 heteroatoms. The monoisotopic (exact) mass is 380 g/mol. The summed E-state index contributed by atoms with van der Waals surface area (Å²) in [6.07, 6.45) is 1.42. The molecule has 1 atom stereocenters. The van der Waals surface area contributed by atoms with Crippen molar-refractivity contribution in [1.29, 1.82) is 0 Å². The predicted octanol–water partition coefficient (Wildman–Crippen LogP) is 4.27. The van der Waals surface area contributed by atoms with E-state index in [0.29, 0.717) is 22.7 Å². The fourth-order valence-electron chi connectivity index (χ4n) is 3.43. The molecule has 3 aromatic carbocycles. The van der Waals surface area contributed by atoms with Gasteiger partial charge >= 0.3 is 0 Å². The van der Waals surface area contributed by atoms with Crippen LogP contribution in [0.5, 0.6) is 5.75 Å². The van der Waals surface area contributed by atoms with Crippen LogP contribution in [0.3, 0.4) is 0 Å². The van der Waals surface area contributed by atoms with Crippen LogP contribution in [0.2, 0.25) is 0 Å².